The van der Waals surface area contributed by atoms with Gasteiger partial charge in [0, 0.05) is 34.2 Å². The normalized spacial score (nSPS) is 11.2. The lowest BCUT2D eigenvalue weighted by atomic mass is 10.2. The number of hydrogen-bond donors (Lipinski definition) is 1. The van der Waals surface area contributed by atoms with Gasteiger partial charge in [0.15, 0.2) is 5.96 Å². The van der Waals surface area contributed by atoms with Gasteiger partial charge < -0.3 is 15.1 Å². The number of hydrogen-bond acceptors (Lipinski definition) is 2. The molecular formula is C15H23FN4O. The quantitative estimate of drug-likeness (QED) is 0.658. The van der Waals surface area contributed by atoms with Crippen molar-refractivity contribution in [3.8, 4) is 0 Å². The Morgan fingerprint density at radius 3 is 2.62 bits per heavy atom. The monoisotopic (exact) mass is 294 g/mol. The molecule has 0 aromatic heterocycles. The van der Waals surface area contributed by atoms with Crippen LogP contribution in [0.5, 0.6) is 0 Å². The third kappa shape index (κ3) is 5.81. The molecule has 0 atom stereocenters. The Morgan fingerprint density at radius 2 is 2.05 bits per heavy atom. The molecule has 0 saturated carbocycles. The summed E-state index contributed by atoms with van der Waals surface area (Å²) in [5.74, 6) is 0.298. The molecule has 0 bridgehead atoms. The van der Waals surface area contributed by atoms with Crippen molar-refractivity contribution >= 4 is 11.9 Å². The molecule has 6 heteroatoms. The first-order chi connectivity index (χ1) is 9.93. The first-order valence-corrected chi connectivity index (χ1v) is 6.88. The number of aliphatic imine (C=N–C) groups is 1. The van der Waals surface area contributed by atoms with E-state index in [4.69, 9.17) is 0 Å². The smallest absolute Gasteiger partial charge is 0.243 e. The van der Waals surface area contributed by atoms with Crippen molar-refractivity contribution in [2.75, 3.05) is 34.2 Å². The van der Waals surface area contributed by atoms with Crippen LogP contribution in [0, 0.1) is 5.82 Å². The van der Waals surface area contributed by atoms with Gasteiger partial charge in [0.05, 0.1) is 0 Å². The lowest BCUT2D eigenvalue weighted by Crippen LogP contribution is -2.39. The summed E-state index contributed by atoms with van der Waals surface area (Å²) < 4.78 is 13.2. The SMILES string of the molecule is CCNC(=NCC(=O)N(C)C)N(C)Cc1cccc(F)c1. The lowest BCUT2D eigenvalue weighted by molar-refractivity contribution is -0.127. The van der Waals surface area contributed by atoms with Crippen LogP contribution >= 0.6 is 0 Å². The molecule has 21 heavy (non-hydrogen) atoms. The van der Waals surface area contributed by atoms with Crippen molar-refractivity contribution in [3.63, 3.8) is 0 Å². The number of nitrogens with one attached hydrogen (secondary N) is 1. The second-order valence-electron chi connectivity index (χ2n) is 4.94. The van der Waals surface area contributed by atoms with Gasteiger partial charge in [-0.1, -0.05) is 12.1 Å². The van der Waals surface area contributed by atoms with Crippen LogP contribution < -0.4 is 5.32 Å². The summed E-state index contributed by atoms with van der Waals surface area (Å²) in [6.07, 6.45) is 0. The van der Waals surface area contributed by atoms with Crippen molar-refractivity contribution in [1.82, 2.24) is 15.1 Å². The van der Waals surface area contributed by atoms with Crippen LogP contribution in [0.25, 0.3) is 0 Å². The van der Waals surface area contributed by atoms with Gasteiger partial charge in [-0.3, -0.25) is 4.79 Å². The Kier molecular flexibility index (Phi) is 6.65. The number of benzene rings is 1. The van der Waals surface area contributed by atoms with Gasteiger partial charge in [-0.15, -0.1) is 0 Å². The fourth-order valence-electron chi connectivity index (χ4n) is 1.74. The van der Waals surface area contributed by atoms with Crippen molar-refractivity contribution in [1.29, 1.82) is 0 Å². The molecule has 1 aromatic carbocycles. The summed E-state index contributed by atoms with van der Waals surface area (Å²) in [7, 11) is 5.25. The van der Waals surface area contributed by atoms with Gasteiger partial charge in [0.1, 0.15) is 12.4 Å². The molecule has 1 rings (SSSR count). The van der Waals surface area contributed by atoms with Gasteiger partial charge in [-0.25, -0.2) is 9.38 Å². The minimum atomic E-state index is -0.259. The summed E-state index contributed by atoms with van der Waals surface area (Å²) in [4.78, 5) is 19.3. The maximum absolute atomic E-state index is 13.2. The van der Waals surface area contributed by atoms with Crippen LogP contribution in [0.1, 0.15) is 12.5 Å². The molecule has 0 radical (unpaired) electrons. The third-order valence-electron chi connectivity index (χ3n) is 2.87. The largest absolute Gasteiger partial charge is 0.357 e. The van der Waals surface area contributed by atoms with E-state index < -0.39 is 0 Å². The number of carbonyl (C=O) groups excluding carboxylic acids is 1. The molecule has 5 nitrogen and oxygen atoms in total. The van der Waals surface area contributed by atoms with E-state index in [-0.39, 0.29) is 18.3 Å². The zero-order chi connectivity index (χ0) is 15.8. The summed E-state index contributed by atoms with van der Waals surface area (Å²) in [6.45, 7) is 3.25. The van der Waals surface area contributed by atoms with Gasteiger partial charge in [-0.2, -0.15) is 0 Å². The molecule has 1 N–H and O–H groups in total. The topological polar surface area (TPSA) is 47.9 Å². The summed E-state index contributed by atoms with van der Waals surface area (Å²) >= 11 is 0. The summed E-state index contributed by atoms with van der Waals surface area (Å²) in [6, 6.07) is 6.44. The van der Waals surface area contributed by atoms with E-state index in [0.717, 1.165) is 5.56 Å². The fraction of sp³-hybridized carbons (Fsp3) is 0.467. The number of amides is 1. The highest BCUT2D eigenvalue weighted by molar-refractivity contribution is 5.84. The number of guanidine groups is 1. The number of carbonyl (C=O) groups is 1. The molecule has 116 valence electrons. The summed E-state index contributed by atoms with van der Waals surface area (Å²) in [5.41, 5.74) is 0.849. The van der Waals surface area contributed by atoms with E-state index >= 15 is 0 Å². The van der Waals surface area contributed by atoms with E-state index in [1.807, 2.05) is 24.9 Å². The van der Waals surface area contributed by atoms with Crippen molar-refractivity contribution < 1.29 is 9.18 Å². The van der Waals surface area contributed by atoms with Crippen LogP contribution in [0.4, 0.5) is 4.39 Å². The van der Waals surface area contributed by atoms with Gasteiger partial charge in [-0.05, 0) is 24.6 Å². The van der Waals surface area contributed by atoms with Crippen LogP contribution in [-0.2, 0) is 11.3 Å². The van der Waals surface area contributed by atoms with E-state index in [1.165, 1.54) is 17.0 Å². The van der Waals surface area contributed by atoms with Gasteiger partial charge in [0.2, 0.25) is 5.91 Å². The molecule has 0 heterocycles. The predicted molar refractivity (Wildman–Crippen MR) is 82.5 cm³/mol. The predicted octanol–water partition coefficient (Wildman–Crippen LogP) is 1.31. The molecule has 0 saturated heterocycles. The zero-order valence-corrected chi connectivity index (χ0v) is 13.1. The lowest BCUT2D eigenvalue weighted by Gasteiger charge is -2.22. The molecule has 1 amide bonds. The molecule has 0 aliphatic carbocycles. The number of nitrogens with zero attached hydrogens (tertiary/aromatic N) is 3. The Morgan fingerprint density at radius 1 is 1.33 bits per heavy atom. The first kappa shape index (κ1) is 16.9. The van der Waals surface area contributed by atoms with Gasteiger partial charge in [0.25, 0.3) is 0 Å². The van der Waals surface area contributed by atoms with Crippen LogP contribution in [0.2, 0.25) is 0 Å². The molecule has 0 unspecified atom stereocenters. The minimum Gasteiger partial charge on any atom is -0.357 e. The molecule has 0 aliphatic rings. The van der Waals surface area contributed by atoms with E-state index in [9.17, 15) is 9.18 Å². The molecule has 1 aromatic rings. The van der Waals surface area contributed by atoms with Crippen molar-refractivity contribution in [3.05, 3.63) is 35.6 Å². The standard InChI is InChI=1S/C15H23FN4O/c1-5-17-15(18-10-14(21)19(2)3)20(4)11-12-7-6-8-13(16)9-12/h6-9H,5,10-11H2,1-4H3,(H,17,18). The molecular weight excluding hydrogens is 271 g/mol. The average Bonchev–Trinajstić information content (AvgIpc) is 2.42. The second kappa shape index (κ2) is 8.24. The van der Waals surface area contributed by atoms with Crippen LogP contribution in [0.3, 0.4) is 0 Å². The molecule has 0 fully saturated rings. The average molecular weight is 294 g/mol. The Balaban J connectivity index is 2.74. The molecule has 0 aliphatic heterocycles. The highest BCUT2D eigenvalue weighted by atomic mass is 19.1. The second-order valence-corrected chi connectivity index (χ2v) is 4.94. The highest BCUT2D eigenvalue weighted by Crippen LogP contribution is 2.06. The van der Waals surface area contributed by atoms with E-state index in [0.29, 0.717) is 19.0 Å². The van der Waals surface area contributed by atoms with Gasteiger partial charge >= 0.3 is 0 Å². The van der Waals surface area contributed by atoms with Crippen molar-refractivity contribution in [2.24, 2.45) is 4.99 Å². The number of halogens is 1. The summed E-state index contributed by atoms with van der Waals surface area (Å²) in [5, 5.41) is 3.12. The van der Waals surface area contributed by atoms with Crippen LogP contribution in [0.15, 0.2) is 29.3 Å². The third-order valence-corrected chi connectivity index (χ3v) is 2.87. The Bertz CT molecular complexity index is 502. The first-order valence-electron chi connectivity index (χ1n) is 6.88. The maximum atomic E-state index is 13.2. The number of likely N-dealkylation sites (N-methyl/N-ethyl adjacent to an activating group) is 1. The number of rotatable bonds is 5. The van der Waals surface area contributed by atoms with E-state index in [1.54, 1.807) is 20.2 Å². The van der Waals surface area contributed by atoms with E-state index in [2.05, 4.69) is 10.3 Å². The van der Waals surface area contributed by atoms with Crippen LogP contribution in [-0.4, -0.2) is 55.9 Å². The Hall–Kier alpha value is -2.11. The fourth-order valence-corrected chi connectivity index (χ4v) is 1.74. The van der Waals surface area contributed by atoms with Crippen molar-refractivity contribution in [2.45, 2.75) is 13.5 Å². The highest BCUT2D eigenvalue weighted by Gasteiger charge is 2.09. The zero-order valence-electron chi connectivity index (χ0n) is 13.1. The Labute approximate surface area is 125 Å². The maximum Gasteiger partial charge on any atom is 0.243 e. The molecule has 0 spiro atoms. The minimum absolute atomic E-state index is 0.0652.